The second kappa shape index (κ2) is 7.14. The van der Waals surface area contributed by atoms with Gasteiger partial charge >= 0.3 is 0 Å². The summed E-state index contributed by atoms with van der Waals surface area (Å²) in [4.78, 5) is 0. The minimum atomic E-state index is -2.70. The van der Waals surface area contributed by atoms with Crippen LogP contribution in [0.25, 0.3) is 0 Å². The summed E-state index contributed by atoms with van der Waals surface area (Å²) in [5.41, 5.74) is 0. The highest BCUT2D eigenvalue weighted by atomic mass is 28.4. The molecule has 0 fully saturated rings. The fourth-order valence-electron chi connectivity index (χ4n) is 3.01. The Balaban J connectivity index is 2.71. The molecule has 2 aromatic rings. The minimum absolute atomic E-state index is 0.161. The van der Waals surface area contributed by atoms with E-state index in [0.717, 1.165) is 10.4 Å². The van der Waals surface area contributed by atoms with E-state index in [0.29, 0.717) is 0 Å². The van der Waals surface area contributed by atoms with Crippen LogP contribution in [0.15, 0.2) is 60.7 Å². The highest BCUT2D eigenvalue weighted by molar-refractivity contribution is 6.99. The van der Waals surface area contributed by atoms with Gasteiger partial charge in [0.2, 0.25) is 6.29 Å². The first kappa shape index (κ1) is 17.5. The number of hydrogen-bond acceptors (Lipinski definition) is 2. The fraction of sp³-hybridized carbons (Fsp3) is 0.300. The number of hydrogen-bond donors (Lipinski definition) is 1. The molecule has 23 heavy (non-hydrogen) atoms. The molecule has 0 amide bonds. The summed E-state index contributed by atoms with van der Waals surface area (Å²) in [6, 6.07) is 20.5. The van der Waals surface area contributed by atoms with E-state index >= 15 is 0 Å². The van der Waals surface area contributed by atoms with E-state index in [1.807, 2.05) is 36.4 Å². The second-order valence-corrected chi connectivity index (χ2v) is 10.8. The van der Waals surface area contributed by atoms with Gasteiger partial charge < -0.3 is 9.53 Å². The molecule has 0 heterocycles. The lowest BCUT2D eigenvalue weighted by molar-refractivity contribution is 0.0246. The topological polar surface area (TPSA) is 29.5 Å². The van der Waals surface area contributed by atoms with Gasteiger partial charge in [-0.25, -0.2) is 0 Å². The molecule has 0 bridgehead atoms. The van der Waals surface area contributed by atoms with Crippen molar-refractivity contribution in [1.82, 2.24) is 0 Å². The molecule has 0 aliphatic heterocycles. The maximum absolute atomic E-state index is 10.3. The van der Waals surface area contributed by atoms with E-state index in [9.17, 15) is 5.11 Å². The van der Waals surface area contributed by atoms with Crippen molar-refractivity contribution in [2.75, 3.05) is 0 Å². The molecule has 0 aliphatic rings. The number of rotatable bonds is 4. The molecule has 1 atom stereocenters. The smallest absolute Gasteiger partial charge is 0.265 e. The first-order chi connectivity index (χ1) is 10.9. The highest BCUT2D eigenvalue weighted by Crippen LogP contribution is 2.37. The number of benzene rings is 2. The predicted molar refractivity (Wildman–Crippen MR) is 98.2 cm³/mol. The standard InChI is InChI=1S/C20H24O2Si/c1-5-12-19(21)22-23(20(2,3)4,17-13-8-6-9-14-17)18-15-10-7-11-16-18/h6-11,13-16,19,21H,1-4H3. The van der Waals surface area contributed by atoms with Crippen LogP contribution in [0.2, 0.25) is 5.04 Å². The van der Waals surface area contributed by atoms with E-state index in [4.69, 9.17) is 4.43 Å². The molecule has 0 saturated heterocycles. The van der Waals surface area contributed by atoms with E-state index < -0.39 is 14.6 Å². The van der Waals surface area contributed by atoms with Gasteiger partial charge in [-0.3, -0.25) is 0 Å². The van der Waals surface area contributed by atoms with Crippen molar-refractivity contribution in [1.29, 1.82) is 0 Å². The first-order valence-electron chi connectivity index (χ1n) is 7.81. The van der Waals surface area contributed by atoms with Crippen molar-refractivity contribution < 1.29 is 9.53 Å². The summed E-state index contributed by atoms with van der Waals surface area (Å²) in [5, 5.41) is 12.4. The van der Waals surface area contributed by atoms with Crippen molar-refractivity contribution in [2.24, 2.45) is 0 Å². The van der Waals surface area contributed by atoms with Crippen molar-refractivity contribution in [2.45, 2.75) is 39.0 Å². The van der Waals surface area contributed by atoms with E-state index in [2.05, 4.69) is 56.9 Å². The Hall–Kier alpha value is -1.86. The maximum atomic E-state index is 10.3. The Bertz CT molecular complexity index is 639. The molecule has 2 aromatic carbocycles. The monoisotopic (exact) mass is 324 g/mol. The molecular formula is C20H24O2Si. The molecule has 2 nitrogen and oxygen atoms in total. The average Bonchev–Trinajstić information content (AvgIpc) is 2.53. The van der Waals surface area contributed by atoms with Gasteiger partial charge in [-0.15, -0.1) is 5.92 Å². The Morgan fingerprint density at radius 1 is 0.913 bits per heavy atom. The van der Waals surface area contributed by atoms with Crippen LogP contribution < -0.4 is 10.4 Å². The third kappa shape index (κ3) is 3.56. The summed E-state index contributed by atoms with van der Waals surface area (Å²) < 4.78 is 6.34. The van der Waals surface area contributed by atoms with Gasteiger partial charge in [-0.2, -0.15) is 0 Å². The van der Waals surface area contributed by atoms with Crippen LogP contribution in [0, 0.1) is 11.8 Å². The molecule has 3 heteroatoms. The summed E-state index contributed by atoms with van der Waals surface area (Å²) >= 11 is 0. The van der Waals surface area contributed by atoms with Crippen LogP contribution in [0.1, 0.15) is 27.7 Å². The molecule has 0 aromatic heterocycles. The van der Waals surface area contributed by atoms with E-state index in [1.165, 1.54) is 0 Å². The minimum Gasteiger partial charge on any atom is -0.373 e. The Morgan fingerprint density at radius 3 is 1.70 bits per heavy atom. The molecule has 1 N–H and O–H groups in total. The van der Waals surface area contributed by atoms with Gasteiger partial charge in [0.15, 0.2) is 0 Å². The van der Waals surface area contributed by atoms with Crippen LogP contribution in [0.3, 0.4) is 0 Å². The van der Waals surface area contributed by atoms with Crippen molar-refractivity contribution in [3.8, 4) is 11.8 Å². The lowest BCUT2D eigenvalue weighted by Gasteiger charge is -2.43. The molecule has 0 radical (unpaired) electrons. The van der Waals surface area contributed by atoms with E-state index in [1.54, 1.807) is 6.92 Å². The summed E-state index contributed by atoms with van der Waals surface area (Å²) in [6.07, 6.45) is -1.09. The quantitative estimate of drug-likeness (QED) is 0.532. The van der Waals surface area contributed by atoms with Crippen LogP contribution in [-0.2, 0) is 4.43 Å². The number of aliphatic hydroxyl groups excluding tert-OH is 1. The number of aliphatic hydroxyl groups is 1. The zero-order chi connectivity index (χ0) is 16.9. The van der Waals surface area contributed by atoms with Crippen LogP contribution in [0.5, 0.6) is 0 Å². The van der Waals surface area contributed by atoms with Gasteiger partial charge in [-0.1, -0.05) is 81.4 Å². The molecule has 0 spiro atoms. The van der Waals surface area contributed by atoms with Crippen LogP contribution in [0.4, 0.5) is 0 Å². The van der Waals surface area contributed by atoms with Gasteiger partial charge in [0, 0.05) is 0 Å². The zero-order valence-electron chi connectivity index (χ0n) is 14.2. The van der Waals surface area contributed by atoms with E-state index in [-0.39, 0.29) is 5.04 Å². The third-order valence-corrected chi connectivity index (χ3v) is 8.95. The Labute approximate surface area is 140 Å². The third-order valence-electron chi connectivity index (χ3n) is 3.97. The van der Waals surface area contributed by atoms with Gasteiger partial charge in [-0.05, 0) is 28.3 Å². The summed E-state index contributed by atoms with van der Waals surface area (Å²) in [6.45, 7) is 8.22. The summed E-state index contributed by atoms with van der Waals surface area (Å²) in [5.74, 6) is 5.47. The van der Waals surface area contributed by atoms with Crippen molar-refractivity contribution in [3.05, 3.63) is 60.7 Å². The maximum Gasteiger partial charge on any atom is 0.265 e. The molecule has 2 rings (SSSR count). The average molecular weight is 324 g/mol. The highest BCUT2D eigenvalue weighted by Gasteiger charge is 2.51. The molecule has 0 saturated carbocycles. The van der Waals surface area contributed by atoms with Gasteiger partial charge in [0.05, 0.1) is 0 Å². The molecule has 1 unspecified atom stereocenters. The van der Waals surface area contributed by atoms with Gasteiger partial charge in [0.25, 0.3) is 8.32 Å². The molecular weight excluding hydrogens is 300 g/mol. The largest absolute Gasteiger partial charge is 0.373 e. The fourth-order valence-corrected chi connectivity index (χ4v) is 7.42. The lowest BCUT2D eigenvalue weighted by Crippen LogP contribution is -2.67. The molecule has 120 valence electrons. The Morgan fingerprint density at radius 2 is 1.35 bits per heavy atom. The van der Waals surface area contributed by atoms with Crippen molar-refractivity contribution >= 4 is 18.7 Å². The zero-order valence-corrected chi connectivity index (χ0v) is 15.2. The predicted octanol–water partition coefficient (Wildman–Crippen LogP) is 2.90. The SMILES string of the molecule is CC#CC(O)O[Si](c1ccccc1)(c1ccccc1)C(C)(C)C. The first-order valence-corrected chi connectivity index (χ1v) is 9.72. The van der Waals surface area contributed by atoms with Gasteiger partial charge in [0.1, 0.15) is 0 Å². The Kier molecular flexibility index (Phi) is 5.43. The lowest BCUT2D eigenvalue weighted by atomic mass is 10.2. The summed E-state index contributed by atoms with van der Waals surface area (Å²) in [7, 11) is -2.70. The normalized spacial score (nSPS) is 13.1. The van der Waals surface area contributed by atoms with Crippen molar-refractivity contribution in [3.63, 3.8) is 0 Å². The second-order valence-electron chi connectivity index (χ2n) is 6.53. The van der Waals surface area contributed by atoms with Crippen LogP contribution >= 0.6 is 0 Å². The molecule has 0 aliphatic carbocycles. The van der Waals surface area contributed by atoms with Crippen LogP contribution in [-0.4, -0.2) is 19.7 Å².